The van der Waals surface area contributed by atoms with Crippen LogP contribution in [0.25, 0.3) is 10.9 Å². The number of aliphatic carboxylic acids is 2. The van der Waals surface area contributed by atoms with Crippen LogP contribution in [0.5, 0.6) is 0 Å². The van der Waals surface area contributed by atoms with Gasteiger partial charge in [0, 0.05) is 61.5 Å². The number of thiazole rings is 1. The number of benzene rings is 1. The molecule has 3 fully saturated rings. The molecule has 2 atom stereocenters. The molecule has 0 bridgehead atoms. The van der Waals surface area contributed by atoms with Crippen molar-refractivity contribution in [3.05, 3.63) is 62.3 Å². The van der Waals surface area contributed by atoms with Crippen LogP contribution < -0.4 is 21.4 Å². The van der Waals surface area contributed by atoms with E-state index in [1.165, 1.54) is 23.3 Å². The summed E-state index contributed by atoms with van der Waals surface area (Å²) in [5.74, 6) is -5.99. The number of piperazine rings is 1. The molecule has 0 unspecified atom stereocenters. The highest BCUT2D eigenvalue weighted by molar-refractivity contribution is 8.00. The molecule has 21 heteroatoms. The molecule has 0 spiro atoms. The number of β-lactam (4-membered cyclic amide) rings is 1. The van der Waals surface area contributed by atoms with Crippen LogP contribution in [0.3, 0.4) is 0 Å². The summed E-state index contributed by atoms with van der Waals surface area (Å²) in [6, 6.07) is 1.60. The number of aromatic nitrogens is 2. The number of carboxylic acids is 3. The Kier molecular flexibility index (Phi) is 9.55. The Bertz CT molecular complexity index is 2190. The molecule has 1 aromatic carbocycles. The fraction of sp³-hybridized carbons (Fsp3) is 0.375. The van der Waals surface area contributed by atoms with Crippen LogP contribution in [0.2, 0.25) is 0 Å². The van der Waals surface area contributed by atoms with E-state index >= 15 is 4.39 Å². The van der Waals surface area contributed by atoms with E-state index in [-0.39, 0.29) is 45.9 Å². The minimum absolute atomic E-state index is 0.00000280. The van der Waals surface area contributed by atoms with E-state index in [9.17, 15) is 39.0 Å². The third kappa shape index (κ3) is 6.89. The molecule has 7 rings (SSSR count). The number of carbonyl (C=O) groups excluding carboxylic acids is 2. The van der Waals surface area contributed by atoms with Crippen molar-refractivity contribution < 1.29 is 48.5 Å². The summed E-state index contributed by atoms with van der Waals surface area (Å²) in [4.78, 5) is 88.1. The van der Waals surface area contributed by atoms with E-state index in [0.29, 0.717) is 37.3 Å². The molecule has 1 aliphatic carbocycles. The number of nitrogens with two attached hydrogens (primary N) is 1. The summed E-state index contributed by atoms with van der Waals surface area (Å²) in [5.41, 5.74) is 5.15. The average molecular weight is 771 g/mol. The highest BCUT2D eigenvalue weighted by Crippen LogP contribution is 2.41. The molecule has 4 aliphatic rings. The van der Waals surface area contributed by atoms with Crippen molar-refractivity contribution in [1.29, 1.82) is 0 Å². The quantitative estimate of drug-likeness (QED) is 0.0960. The largest absolute Gasteiger partial charge is 0.479 e. The van der Waals surface area contributed by atoms with Gasteiger partial charge in [-0.1, -0.05) is 5.16 Å². The number of hydrogen-bond acceptors (Lipinski definition) is 14. The molecule has 2 aromatic heterocycles. The summed E-state index contributed by atoms with van der Waals surface area (Å²) >= 11 is 2.27. The number of carboxylic acid groups (broad SMARTS) is 3. The molecule has 18 nitrogen and oxygen atoms in total. The molecule has 2 saturated heterocycles. The van der Waals surface area contributed by atoms with Crippen molar-refractivity contribution in [3.63, 3.8) is 0 Å². The zero-order valence-electron chi connectivity index (χ0n) is 27.6. The predicted octanol–water partition coefficient (Wildman–Crippen LogP) is 0.579. The number of halogens is 1. The van der Waals surface area contributed by atoms with Gasteiger partial charge in [0.05, 0.1) is 11.2 Å². The third-order valence-corrected chi connectivity index (χ3v) is 11.3. The number of nitrogens with one attached hydrogen (secondary N) is 1. The first-order valence-electron chi connectivity index (χ1n) is 16.2. The zero-order valence-corrected chi connectivity index (χ0v) is 29.2. The fourth-order valence-corrected chi connectivity index (χ4v) is 8.48. The zero-order chi connectivity index (χ0) is 37.7. The third-order valence-electron chi connectivity index (χ3n) is 9.26. The number of fused-ring (bicyclic) bond motifs is 2. The molecule has 3 aliphatic heterocycles. The van der Waals surface area contributed by atoms with Gasteiger partial charge in [-0.15, -0.1) is 23.1 Å². The lowest BCUT2D eigenvalue weighted by molar-refractivity contribution is -0.150. The van der Waals surface area contributed by atoms with Crippen LogP contribution in [0, 0.1) is 5.82 Å². The number of nitrogen functional groups attached to an aromatic ring is 1. The molecule has 0 radical (unpaired) electrons. The maximum absolute atomic E-state index is 15.5. The van der Waals surface area contributed by atoms with Crippen molar-refractivity contribution >= 4 is 80.3 Å². The first-order valence-corrected chi connectivity index (χ1v) is 18.2. The lowest BCUT2D eigenvalue weighted by atomic mass is 10.0. The van der Waals surface area contributed by atoms with E-state index < -0.39 is 70.3 Å². The van der Waals surface area contributed by atoms with Gasteiger partial charge in [0.15, 0.2) is 10.8 Å². The Hall–Kier alpha value is -5.54. The summed E-state index contributed by atoms with van der Waals surface area (Å²) < 4.78 is 17.2. The fourth-order valence-electron chi connectivity index (χ4n) is 6.59. The Morgan fingerprint density at radius 2 is 1.81 bits per heavy atom. The monoisotopic (exact) mass is 770 g/mol. The topological polar surface area (TPSA) is 250 Å². The Morgan fingerprint density at radius 3 is 2.43 bits per heavy atom. The SMILES string of the molecule is Nc1nc(/C(=N\OCC(=O)O)C(=O)N[C@@H]2C(=O)N3C(C(=O)O)=C(CN4CCN(c5cc6c(cc5F)c(=O)c(C(=O)O)cn6C5CC5)CC4)CS[C@H]23)cs1. The summed E-state index contributed by atoms with van der Waals surface area (Å²) in [6.45, 7) is 0.978. The average Bonchev–Trinajstić information content (AvgIpc) is 3.88. The Morgan fingerprint density at radius 1 is 1.08 bits per heavy atom. The van der Waals surface area contributed by atoms with Crippen molar-refractivity contribution in [2.45, 2.75) is 30.3 Å². The molecule has 6 N–H and O–H groups in total. The van der Waals surface area contributed by atoms with E-state index in [4.69, 9.17) is 15.7 Å². The number of aromatic carboxylic acids is 1. The minimum Gasteiger partial charge on any atom is -0.479 e. The highest BCUT2D eigenvalue weighted by atomic mass is 32.2. The number of anilines is 2. The number of amides is 2. The first kappa shape index (κ1) is 35.8. The molecule has 53 heavy (non-hydrogen) atoms. The second kappa shape index (κ2) is 14.1. The first-order chi connectivity index (χ1) is 25.3. The van der Waals surface area contributed by atoms with Crippen LogP contribution in [0.1, 0.15) is 34.9 Å². The van der Waals surface area contributed by atoms with Gasteiger partial charge in [0.1, 0.15) is 34.2 Å². The second-order valence-corrected chi connectivity index (χ2v) is 14.7. The number of nitrogens with zero attached hydrogens (tertiary/aromatic N) is 6. The second-order valence-electron chi connectivity index (χ2n) is 12.7. The smallest absolute Gasteiger partial charge is 0.352 e. The standard InChI is InChI=1S/C32H31FN8O10S2/c33-18-7-16-20(40(15-1-2-15)10-17(26(16)44)30(47)48)8-21(18)39-5-3-38(4-6-39)9-14-12-52-29-24(28(46)41(29)25(14)31(49)50)36-27(45)23(37-51-11-22(42)43)19-13-53-32(34)35-19/h7-8,10,13,15,24,29H,1-6,9,11-12H2,(H2,34,35)(H,36,45)(H,42,43)(H,47,48)(H,49,50)/b37-23+/t24-,29-/m1/s1. The lowest BCUT2D eigenvalue weighted by Gasteiger charge is -2.50. The van der Waals surface area contributed by atoms with Gasteiger partial charge < -0.3 is 40.7 Å². The van der Waals surface area contributed by atoms with Crippen molar-refractivity contribution in [1.82, 2.24) is 24.7 Å². The number of carbonyl (C=O) groups is 5. The van der Waals surface area contributed by atoms with Crippen LogP contribution in [0.4, 0.5) is 15.2 Å². The summed E-state index contributed by atoms with van der Waals surface area (Å²) in [5, 5.41) is 35.5. The van der Waals surface area contributed by atoms with Gasteiger partial charge in [-0.25, -0.2) is 23.8 Å². The summed E-state index contributed by atoms with van der Waals surface area (Å²) in [6.07, 6.45) is 2.96. The number of oxime groups is 1. The van der Waals surface area contributed by atoms with E-state index in [1.54, 1.807) is 10.6 Å². The van der Waals surface area contributed by atoms with Gasteiger partial charge in [-0.2, -0.15) is 0 Å². The van der Waals surface area contributed by atoms with Crippen molar-refractivity contribution in [2.75, 3.05) is 55.7 Å². The molecule has 5 heterocycles. The number of pyridine rings is 1. The maximum atomic E-state index is 15.5. The van der Waals surface area contributed by atoms with Gasteiger partial charge in [-0.3, -0.25) is 24.2 Å². The molecule has 1 saturated carbocycles. The predicted molar refractivity (Wildman–Crippen MR) is 188 cm³/mol. The van der Waals surface area contributed by atoms with Crippen LogP contribution >= 0.6 is 23.1 Å². The van der Waals surface area contributed by atoms with Crippen molar-refractivity contribution in [3.8, 4) is 0 Å². The van der Waals surface area contributed by atoms with E-state index in [0.717, 1.165) is 35.1 Å². The van der Waals surface area contributed by atoms with E-state index in [1.807, 2.05) is 9.80 Å². The van der Waals surface area contributed by atoms with Crippen LogP contribution in [-0.4, -0.2) is 127 Å². The normalized spacial score (nSPS) is 20.6. The van der Waals surface area contributed by atoms with Crippen LogP contribution in [0.15, 0.2) is 44.9 Å². The minimum atomic E-state index is -1.37. The van der Waals surface area contributed by atoms with Gasteiger partial charge in [-0.05, 0) is 30.5 Å². The number of thioether (sulfide) groups is 1. The Balaban J connectivity index is 1.03. The number of hydrogen-bond donors (Lipinski definition) is 5. The van der Waals surface area contributed by atoms with Gasteiger partial charge in [0.2, 0.25) is 12.0 Å². The number of rotatable bonds is 12. The van der Waals surface area contributed by atoms with Crippen LogP contribution in [-0.2, 0) is 24.0 Å². The molecular weight excluding hydrogens is 740 g/mol. The van der Waals surface area contributed by atoms with Gasteiger partial charge in [0.25, 0.3) is 11.8 Å². The van der Waals surface area contributed by atoms with Crippen molar-refractivity contribution in [2.24, 2.45) is 5.16 Å². The maximum Gasteiger partial charge on any atom is 0.352 e. The summed E-state index contributed by atoms with van der Waals surface area (Å²) in [7, 11) is 0. The molecule has 2 amide bonds. The Labute approximate surface area is 306 Å². The molecular formula is C32H31FN8O10S2. The molecule has 3 aromatic rings. The lowest BCUT2D eigenvalue weighted by Crippen LogP contribution is -2.71. The highest BCUT2D eigenvalue weighted by Gasteiger charge is 2.54. The molecule has 278 valence electrons. The van der Waals surface area contributed by atoms with Gasteiger partial charge >= 0.3 is 17.9 Å². The van der Waals surface area contributed by atoms with E-state index in [2.05, 4.69) is 15.5 Å².